The van der Waals surface area contributed by atoms with Crippen LogP contribution in [0.5, 0.6) is 0 Å². The lowest BCUT2D eigenvalue weighted by Gasteiger charge is -2.25. The molecular weight excluding hydrogens is 216 g/mol. The summed E-state index contributed by atoms with van der Waals surface area (Å²) in [5.74, 6) is 0. The van der Waals surface area contributed by atoms with Crippen molar-refractivity contribution in [2.75, 3.05) is 5.73 Å². The van der Waals surface area contributed by atoms with Crippen molar-refractivity contribution < 1.29 is 13.9 Å². The predicted octanol–water partition coefficient (Wildman–Crippen LogP) is 1.88. The van der Waals surface area contributed by atoms with Crippen molar-refractivity contribution in [2.24, 2.45) is 0 Å². The van der Waals surface area contributed by atoms with Gasteiger partial charge in [-0.2, -0.15) is 5.10 Å². The topological polar surface area (TPSA) is 64.1 Å². The Kier molecular flexibility index (Phi) is 3.09. The molecule has 0 radical (unpaired) electrons. The van der Waals surface area contributed by atoms with E-state index in [1.165, 1.54) is 10.9 Å². The number of aliphatic hydroxyl groups excluding tert-OH is 1. The maximum atomic E-state index is 12.5. The highest BCUT2D eigenvalue weighted by Gasteiger charge is 2.24. The average Bonchev–Trinajstić information content (AvgIpc) is 2.60. The molecule has 1 heterocycles. The molecule has 0 amide bonds. The number of anilines is 1. The molecule has 0 bridgehead atoms. The Labute approximate surface area is 92.1 Å². The van der Waals surface area contributed by atoms with Crippen molar-refractivity contribution in [1.29, 1.82) is 0 Å². The molecule has 16 heavy (non-hydrogen) atoms. The molecule has 1 aromatic rings. The predicted molar refractivity (Wildman–Crippen MR) is 55.1 cm³/mol. The summed E-state index contributed by atoms with van der Waals surface area (Å²) in [6, 6.07) is -0.0152. The van der Waals surface area contributed by atoms with E-state index >= 15 is 0 Å². The van der Waals surface area contributed by atoms with Crippen LogP contribution in [-0.4, -0.2) is 21.0 Å². The number of hydrogen-bond acceptors (Lipinski definition) is 3. The number of hydrogen-bond donors (Lipinski definition) is 2. The Bertz CT molecular complexity index is 367. The highest BCUT2D eigenvalue weighted by molar-refractivity contribution is 5.41. The highest BCUT2D eigenvalue weighted by atomic mass is 19.3. The van der Waals surface area contributed by atoms with Crippen molar-refractivity contribution in [3.63, 3.8) is 0 Å². The van der Waals surface area contributed by atoms with Gasteiger partial charge in [0.25, 0.3) is 6.43 Å². The molecule has 0 aliphatic heterocycles. The van der Waals surface area contributed by atoms with Crippen LogP contribution in [0.3, 0.4) is 0 Å². The van der Waals surface area contributed by atoms with Crippen molar-refractivity contribution in [3.8, 4) is 0 Å². The second-order valence-electron chi connectivity index (χ2n) is 4.22. The molecule has 3 N–H and O–H groups in total. The van der Waals surface area contributed by atoms with Gasteiger partial charge >= 0.3 is 0 Å². The fourth-order valence-electron chi connectivity index (χ4n) is 2.16. The zero-order valence-electron chi connectivity index (χ0n) is 8.81. The van der Waals surface area contributed by atoms with Crippen LogP contribution in [0, 0.1) is 0 Å². The Morgan fingerprint density at radius 3 is 2.81 bits per heavy atom. The van der Waals surface area contributed by atoms with E-state index in [2.05, 4.69) is 5.10 Å². The molecule has 4 nitrogen and oxygen atoms in total. The lowest BCUT2D eigenvalue weighted by atomic mass is 9.93. The van der Waals surface area contributed by atoms with Crippen molar-refractivity contribution >= 4 is 5.69 Å². The molecule has 2 rings (SSSR count). The normalized spacial score (nSPS) is 26.2. The lowest BCUT2D eigenvalue weighted by Crippen LogP contribution is -2.22. The number of nitrogens with zero attached hydrogens (tertiary/aromatic N) is 2. The molecule has 1 saturated carbocycles. The van der Waals surface area contributed by atoms with E-state index in [0.717, 1.165) is 19.3 Å². The largest absolute Gasteiger partial charge is 0.396 e. The molecule has 0 saturated heterocycles. The van der Waals surface area contributed by atoms with Gasteiger partial charge in [0.05, 0.1) is 17.8 Å². The van der Waals surface area contributed by atoms with E-state index < -0.39 is 6.43 Å². The van der Waals surface area contributed by atoms with Gasteiger partial charge in [-0.1, -0.05) is 0 Å². The summed E-state index contributed by atoms with van der Waals surface area (Å²) in [4.78, 5) is 0. The van der Waals surface area contributed by atoms with Gasteiger partial charge in [-0.3, -0.25) is 4.68 Å². The summed E-state index contributed by atoms with van der Waals surface area (Å²) in [5, 5.41) is 13.3. The fraction of sp³-hybridized carbons (Fsp3) is 0.700. The van der Waals surface area contributed by atoms with Gasteiger partial charge in [0.2, 0.25) is 0 Å². The van der Waals surface area contributed by atoms with E-state index in [4.69, 9.17) is 5.73 Å². The molecule has 1 aliphatic rings. The second-order valence-corrected chi connectivity index (χ2v) is 4.22. The summed E-state index contributed by atoms with van der Waals surface area (Å²) in [6.07, 6.45) is 1.49. The second kappa shape index (κ2) is 4.37. The molecule has 90 valence electrons. The smallest absolute Gasteiger partial charge is 0.284 e. The summed E-state index contributed by atoms with van der Waals surface area (Å²) < 4.78 is 26.4. The molecule has 0 spiro atoms. The van der Waals surface area contributed by atoms with Crippen LogP contribution in [-0.2, 0) is 0 Å². The van der Waals surface area contributed by atoms with Crippen molar-refractivity contribution in [3.05, 3.63) is 11.9 Å². The summed E-state index contributed by atoms with van der Waals surface area (Å²) in [5.41, 5.74) is 5.12. The van der Waals surface area contributed by atoms with Gasteiger partial charge in [-0.15, -0.1) is 0 Å². The monoisotopic (exact) mass is 231 g/mol. The Morgan fingerprint density at radius 2 is 2.25 bits per heavy atom. The first kappa shape index (κ1) is 11.3. The van der Waals surface area contributed by atoms with Gasteiger partial charge in [0.1, 0.15) is 0 Å². The van der Waals surface area contributed by atoms with Crippen LogP contribution in [0.25, 0.3) is 0 Å². The highest BCUT2D eigenvalue weighted by Crippen LogP contribution is 2.31. The third-order valence-electron chi connectivity index (χ3n) is 2.99. The molecule has 1 aliphatic carbocycles. The number of nitrogen functional groups attached to an aromatic ring is 1. The summed E-state index contributed by atoms with van der Waals surface area (Å²) in [7, 11) is 0. The third kappa shape index (κ3) is 2.16. The van der Waals surface area contributed by atoms with E-state index in [1.54, 1.807) is 0 Å². The van der Waals surface area contributed by atoms with Gasteiger partial charge in [0, 0.05) is 6.20 Å². The quantitative estimate of drug-likeness (QED) is 0.816. The number of rotatable bonds is 2. The van der Waals surface area contributed by atoms with Gasteiger partial charge in [0.15, 0.2) is 5.69 Å². The minimum absolute atomic E-state index is 0.0152. The molecule has 6 heteroatoms. The number of aliphatic hydroxyl groups is 1. The van der Waals surface area contributed by atoms with E-state index in [0.29, 0.717) is 6.42 Å². The number of halogens is 2. The standard InChI is InChI=1S/C10H15F2N3O/c11-10(12)9-8(13)5-15(14-9)6-2-1-3-7(16)4-6/h5-7,10,16H,1-4,13H2. The zero-order valence-corrected chi connectivity index (χ0v) is 8.81. The number of alkyl halides is 2. The first-order valence-electron chi connectivity index (χ1n) is 5.38. The fourth-order valence-corrected chi connectivity index (χ4v) is 2.16. The Balaban J connectivity index is 2.17. The lowest BCUT2D eigenvalue weighted by molar-refractivity contribution is 0.0986. The van der Waals surface area contributed by atoms with Crippen LogP contribution in [0.15, 0.2) is 6.20 Å². The molecular formula is C10H15F2N3O. The maximum absolute atomic E-state index is 12.5. The van der Waals surface area contributed by atoms with Crippen LogP contribution in [0.2, 0.25) is 0 Å². The third-order valence-corrected chi connectivity index (χ3v) is 2.99. The summed E-state index contributed by atoms with van der Waals surface area (Å²) in [6.45, 7) is 0. The first-order chi connectivity index (χ1) is 7.58. The van der Waals surface area contributed by atoms with Crippen LogP contribution < -0.4 is 5.73 Å². The van der Waals surface area contributed by atoms with Crippen molar-refractivity contribution in [1.82, 2.24) is 9.78 Å². The minimum atomic E-state index is -2.64. The van der Waals surface area contributed by atoms with Crippen LogP contribution in [0.1, 0.15) is 43.8 Å². The molecule has 2 unspecified atom stereocenters. The Hall–Kier alpha value is -1.17. The van der Waals surface area contributed by atoms with Gasteiger partial charge in [-0.25, -0.2) is 8.78 Å². The molecule has 2 atom stereocenters. The molecule has 1 fully saturated rings. The maximum Gasteiger partial charge on any atom is 0.284 e. The Morgan fingerprint density at radius 1 is 1.50 bits per heavy atom. The van der Waals surface area contributed by atoms with Crippen LogP contribution in [0.4, 0.5) is 14.5 Å². The number of aromatic nitrogens is 2. The van der Waals surface area contributed by atoms with Crippen molar-refractivity contribution in [2.45, 2.75) is 44.3 Å². The SMILES string of the molecule is Nc1cn(C2CCCC(O)C2)nc1C(F)F. The van der Waals surface area contributed by atoms with E-state index in [1.807, 2.05) is 0 Å². The van der Waals surface area contributed by atoms with Crippen LogP contribution >= 0.6 is 0 Å². The zero-order chi connectivity index (χ0) is 11.7. The summed E-state index contributed by atoms with van der Waals surface area (Å²) >= 11 is 0. The van der Waals surface area contributed by atoms with E-state index in [-0.39, 0.29) is 23.5 Å². The first-order valence-corrected chi connectivity index (χ1v) is 5.38. The van der Waals surface area contributed by atoms with Gasteiger partial charge < -0.3 is 10.8 Å². The van der Waals surface area contributed by atoms with E-state index in [9.17, 15) is 13.9 Å². The molecule has 0 aromatic carbocycles. The minimum Gasteiger partial charge on any atom is -0.396 e. The van der Waals surface area contributed by atoms with Gasteiger partial charge in [-0.05, 0) is 25.7 Å². The average molecular weight is 231 g/mol. The molecule has 1 aromatic heterocycles. The number of nitrogens with two attached hydrogens (primary N) is 1.